The lowest BCUT2D eigenvalue weighted by Gasteiger charge is -2.26. The summed E-state index contributed by atoms with van der Waals surface area (Å²) in [5.74, 6) is -0.759. The highest BCUT2D eigenvalue weighted by atomic mass is 32.2. The number of carbonyl (C=O) groups is 2. The maximum absolute atomic E-state index is 13.7. The van der Waals surface area contributed by atoms with Crippen LogP contribution in [0.4, 0.5) is 0 Å². The van der Waals surface area contributed by atoms with Gasteiger partial charge in [-0.05, 0) is 69.0 Å². The molecule has 1 amide bonds. The molecular formula is C34H45NO7S2. The van der Waals surface area contributed by atoms with Crippen molar-refractivity contribution in [3.63, 3.8) is 0 Å². The minimum atomic E-state index is -4.01. The van der Waals surface area contributed by atoms with Gasteiger partial charge in [0.05, 0.1) is 23.5 Å². The van der Waals surface area contributed by atoms with Gasteiger partial charge >= 0.3 is 5.97 Å². The highest BCUT2D eigenvalue weighted by molar-refractivity contribution is 7.99. The quantitative estimate of drug-likeness (QED) is 0.148. The lowest BCUT2D eigenvalue weighted by Crippen LogP contribution is -2.47. The molecule has 0 spiro atoms. The van der Waals surface area contributed by atoms with E-state index >= 15 is 0 Å². The van der Waals surface area contributed by atoms with Crippen molar-refractivity contribution in [2.24, 2.45) is 5.92 Å². The zero-order valence-corrected chi connectivity index (χ0v) is 27.9. The summed E-state index contributed by atoms with van der Waals surface area (Å²) in [6.45, 7) is 8.87. The summed E-state index contributed by atoms with van der Waals surface area (Å²) >= 11 is 1.33. The standard InChI is InChI=1S/C34H45NO7S2/c1-6-7-15-31(33(38)42-34(3,4)5)35-32(37)27(20-26-13-10-12-25-11-8-9-14-30(25)26)22-43-23-28(36)21-41-44(39,40)29-18-16-24(2)17-19-29/h8-14,16-19,27-28,31,36H,6-7,15,20-23H2,1-5H3,(H,35,37)/t27-,28?,31+/m1/s1. The van der Waals surface area contributed by atoms with Crippen LogP contribution in [0.15, 0.2) is 71.6 Å². The van der Waals surface area contributed by atoms with E-state index in [0.29, 0.717) is 18.6 Å². The monoisotopic (exact) mass is 643 g/mol. The van der Waals surface area contributed by atoms with Crippen LogP contribution in [-0.4, -0.2) is 61.3 Å². The Morgan fingerprint density at radius 2 is 1.66 bits per heavy atom. The molecule has 2 N–H and O–H groups in total. The second-order valence-electron chi connectivity index (χ2n) is 12.0. The Labute approximate surface area is 266 Å². The first-order valence-electron chi connectivity index (χ1n) is 15.0. The van der Waals surface area contributed by atoms with Gasteiger partial charge < -0.3 is 15.2 Å². The number of hydrogen-bond acceptors (Lipinski definition) is 8. The first-order chi connectivity index (χ1) is 20.8. The second kappa shape index (κ2) is 16.4. The topological polar surface area (TPSA) is 119 Å². The zero-order chi connectivity index (χ0) is 32.3. The molecule has 0 fully saturated rings. The van der Waals surface area contributed by atoms with E-state index in [1.54, 1.807) is 32.9 Å². The molecule has 44 heavy (non-hydrogen) atoms. The average molecular weight is 644 g/mol. The van der Waals surface area contributed by atoms with Crippen LogP contribution >= 0.6 is 11.8 Å². The third-order valence-corrected chi connectivity index (χ3v) is 9.48. The summed E-state index contributed by atoms with van der Waals surface area (Å²) in [4.78, 5) is 26.8. The molecule has 3 atom stereocenters. The van der Waals surface area contributed by atoms with Crippen LogP contribution in [0, 0.1) is 12.8 Å². The van der Waals surface area contributed by atoms with E-state index in [4.69, 9.17) is 8.92 Å². The first kappa shape index (κ1) is 35.6. The number of fused-ring (bicyclic) bond motifs is 1. The van der Waals surface area contributed by atoms with E-state index in [2.05, 4.69) is 5.32 Å². The van der Waals surface area contributed by atoms with E-state index in [0.717, 1.165) is 34.7 Å². The fourth-order valence-electron chi connectivity index (χ4n) is 4.62. The SMILES string of the molecule is CCCC[C@H](NC(=O)[C@@H](CSCC(O)COS(=O)(=O)c1ccc(C)cc1)Cc1cccc2ccccc12)C(=O)OC(C)(C)C. The Balaban J connectivity index is 1.71. The third kappa shape index (κ3) is 11.2. The second-order valence-corrected chi connectivity index (χ2v) is 14.7. The number of aliphatic hydroxyl groups is 1. The minimum absolute atomic E-state index is 0.0254. The Kier molecular flexibility index (Phi) is 13.3. The number of unbranched alkanes of at least 4 members (excludes halogenated alkanes) is 1. The van der Waals surface area contributed by atoms with E-state index in [1.807, 2.05) is 56.3 Å². The smallest absolute Gasteiger partial charge is 0.329 e. The third-order valence-electron chi connectivity index (χ3n) is 6.93. The van der Waals surface area contributed by atoms with E-state index in [9.17, 15) is 23.1 Å². The van der Waals surface area contributed by atoms with E-state index in [1.165, 1.54) is 23.9 Å². The van der Waals surface area contributed by atoms with Crippen molar-refractivity contribution in [3.05, 3.63) is 77.9 Å². The van der Waals surface area contributed by atoms with Crippen molar-refractivity contribution in [1.82, 2.24) is 5.32 Å². The van der Waals surface area contributed by atoms with Gasteiger partial charge in [0.25, 0.3) is 10.1 Å². The van der Waals surface area contributed by atoms with Crippen LogP contribution in [0.3, 0.4) is 0 Å². The van der Waals surface area contributed by atoms with Gasteiger partial charge in [-0.1, -0.05) is 79.9 Å². The van der Waals surface area contributed by atoms with Gasteiger partial charge in [-0.25, -0.2) is 4.79 Å². The maximum Gasteiger partial charge on any atom is 0.329 e. The van der Waals surface area contributed by atoms with Crippen LogP contribution in [0.2, 0.25) is 0 Å². The van der Waals surface area contributed by atoms with Crippen molar-refractivity contribution in [2.75, 3.05) is 18.1 Å². The molecule has 3 aromatic rings. The number of benzene rings is 3. The minimum Gasteiger partial charge on any atom is -0.458 e. The predicted octanol–water partition coefficient (Wildman–Crippen LogP) is 5.82. The molecule has 0 saturated heterocycles. The summed E-state index contributed by atoms with van der Waals surface area (Å²) in [5.41, 5.74) is 1.24. The number of amides is 1. The lowest BCUT2D eigenvalue weighted by molar-refractivity contribution is -0.159. The fraction of sp³-hybridized carbons (Fsp3) is 0.471. The zero-order valence-electron chi connectivity index (χ0n) is 26.2. The van der Waals surface area contributed by atoms with Gasteiger partial charge in [0.2, 0.25) is 5.91 Å². The molecule has 0 aliphatic rings. The van der Waals surface area contributed by atoms with Gasteiger partial charge in [0.1, 0.15) is 11.6 Å². The summed E-state index contributed by atoms with van der Waals surface area (Å²) < 4.78 is 35.7. The predicted molar refractivity (Wildman–Crippen MR) is 176 cm³/mol. The molecule has 8 nitrogen and oxygen atoms in total. The molecule has 1 unspecified atom stereocenters. The van der Waals surface area contributed by atoms with Crippen molar-refractivity contribution in [2.45, 2.75) is 82.9 Å². The molecule has 10 heteroatoms. The number of esters is 1. The Hall–Kier alpha value is -2.92. The first-order valence-corrected chi connectivity index (χ1v) is 17.6. The summed E-state index contributed by atoms with van der Waals surface area (Å²) in [6, 6.07) is 19.5. The molecule has 0 aliphatic carbocycles. The van der Waals surface area contributed by atoms with Crippen molar-refractivity contribution in [1.29, 1.82) is 0 Å². The van der Waals surface area contributed by atoms with Gasteiger partial charge in [-0.15, -0.1) is 0 Å². The number of rotatable bonds is 16. The molecule has 0 aromatic heterocycles. The summed E-state index contributed by atoms with van der Waals surface area (Å²) in [7, 11) is -4.01. The molecular weight excluding hydrogens is 599 g/mol. The number of thioether (sulfide) groups is 1. The molecule has 240 valence electrons. The van der Waals surface area contributed by atoms with E-state index < -0.39 is 46.4 Å². The average Bonchev–Trinajstić information content (AvgIpc) is 2.97. The van der Waals surface area contributed by atoms with Crippen LogP contribution < -0.4 is 5.32 Å². The molecule has 3 rings (SSSR count). The van der Waals surface area contributed by atoms with Gasteiger partial charge in [0, 0.05) is 11.5 Å². The van der Waals surface area contributed by atoms with Crippen LogP contribution in [0.25, 0.3) is 10.8 Å². The number of ether oxygens (including phenoxy) is 1. The molecule has 0 aliphatic heterocycles. The number of nitrogens with one attached hydrogen (secondary N) is 1. The van der Waals surface area contributed by atoms with Gasteiger partial charge in [-0.3, -0.25) is 8.98 Å². The molecule has 3 aromatic carbocycles. The highest BCUT2D eigenvalue weighted by Gasteiger charge is 2.29. The Morgan fingerprint density at radius 3 is 2.34 bits per heavy atom. The van der Waals surface area contributed by atoms with Crippen molar-refractivity contribution in [3.8, 4) is 0 Å². The van der Waals surface area contributed by atoms with Crippen LogP contribution in [-0.2, 0) is 35.0 Å². The van der Waals surface area contributed by atoms with Crippen molar-refractivity contribution >= 4 is 44.5 Å². The van der Waals surface area contributed by atoms with Crippen LogP contribution in [0.1, 0.15) is 58.1 Å². The normalized spacial score (nSPS) is 14.1. The largest absolute Gasteiger partial charge is 0.458 e. The number of hydrogen-bond donors (Lipinski definition) is 2. The number of aliphatic hydroxyl groups excluding tert-OH is 1. The Morgan fingerprint density at radius 1 is 0.977 bits per heavy atom. The number of aryl methyl sites for hydroxylation is 1. The van der Waals surface area contributed by atoms with Crippen molar-refractivity contribution < 1.29 is 32.0 Å². The molecule has 0 heterocycles. The maximum atomic E-state index is 13.7. The Bertz CT molecular complexity index is 1480. The number of carbonyl (C=O) groups excluding carboxylic acids is 2. The highest BCUT2D eigenvalue weighted by Crippen LogP contribution is 2.24. The molecule has 0 bridgehead atoms. The summed E-state index contributed by atoms with van der Waals surface area (Å²) in [6.07, 6.45) is 1.44. The van der Waals surface area contributed by atoms with E-state index in [-0.39, 0.29) is 16.6 Å². The van der Waals surface area contributed by atoms with Gasteiger partial charge in [-0.2, -0.15) is 20.2 Å². The lowest BCUT2D eigenvalue weighted by atomic mass is 9.95. The molecule has 0 saturated carbocycles. The fourth-order valence-corrected chi connectivity index (χ4v) is 6.62. The van der Waals surface area contributed by atoms with Crippen LogP contribution in [0.5, 0.6) is 0 Å². The molecule has 0 radical (unpaired) electrons. The summed E-state index contributed by atoms with van der Waals surface area (Å²) in [5, 5.41) is 15.6. The van der Waals surface area contributed by atoms with Gasteiger partial charge in [0.15, 0.2) is 0 Å².